The number of carbonyl (C=O) groups excluding carboxylic acids is 1. The second kappa shape index (κ2) is 7.72. The smallest absolute Gasteiger partial charge is 0.354 e. The largest absolute Gasteiger partial charge is 0.477 e. The highest BCUT2D eigenvalue weighted by atomic mass is 16.4. The summed E-state index contributed by atoms with van der Waals surface area (Å²) in [6.07, 6.45) is 0. The molecule has 25 heavy (non-hydrogen) atoms. The molecular formula is C17H12N2O6. The third-order valence-corrected chi connectivity index (χ3v) is 2.93. The molecule has 1 heterocycles. The van der Waals surface area contributed by atoms with Crippen molar-refractivity contribution in [3.63, 3.8) is 0 Å². The molecule has 8 heteroatoms. The van der Waals surface area contributed by atoms with Gasteiger partial charge in [-0.3, -0.25) is 4.79 Å². The standard InChI is InChI=1S/C17H12N2O6/c20-9-15(21)18-12-5-3-10(4-6-12)1-2-11-7-13(16(22)23)19-14(8-11)17(24)25/h3-8,20H,9H2,(H,18,21)(H,22,23)(H,24,25). The molecule has 1 amide bonds. The zero-order valence-corrected chi connectivity index (χ0v) is 12.7. The summed E-state index contributed by atoms with van der Waals surface area (Å²) in [6.45, 7) is -0.624. The van der Waals surface area contributed by atoms with Crippen LogP contribution in [-0.2, 0) is 4.79 Å². The van der Waals surface area contributed by atoms with Crippen molar-refractivity contribution in [2.45, 2.75) is 0 Å². The Hall–Kier alpha value is -3.70. The number of carboxylic acid groups (broad SMARTS) is 2. The lowest BCUT2D eigenvalue weighted by molar-refractivity contribution is -0.118. The minimum atomic E-state index is -1.35. The van der Waals surface area contributed by atoms with Crippen molar-refractivity contribution in [2.24, 2.45) is 0 Å². The van der Waals surface area contributed by atoms with Crippen LogP contribution >= 0.6 is 0 Å². The van der Waals surface area contributed by atoms with Gasteiger partial charge in [0.1, 0.15) is 18.0 Å². The highest BCUT2D eigenvalue weighted by Gasteiger charge is 2.12. The van der Waals surface area contributed by atoms with Crippen LogP contribution in [0.15, 0.2) is 36.4 Å². The summed E-state index contributed by atoms with van der Waals surface area (Å²) in [5.74, 6) is 2.19. The fourth-order valence-corrected chi connectivity index (χ4v) is 1.80. The van der Waals surface area contributed by atoms with Gasteiger partial charge in [0.25, 0.3) is 0 Å². The number of hydrogen-bond donors (Lipinski definition) is 4. The van der Waals surface area contributed by atoms with Crippen LogP contribution in [0.2, 0.25) is 0 Å². The van der Waals surface area contributed by atoms with Crippen LogP contribution in [0.5, 0.6) is 0 Å². The molecule has 0 unspecified atom stereocenters. The van der Waals surface area contributed by atoms with Crippen LogP contribution in [0.4, 0.5) is 5.69 Å². The first-order valence-corrected chi connectivity index (χ1v) is 6.90. The summed E-state index contributed by atoms with van der Waals surface area (Å²) in [6, 6.07) is 8.73. The average Bonchev–Trinajstić information content (AvgIpc) is 2.60. The van der Waals surface area contributed by atoms with E-state index >= 15 is 0 Å². The van der Waals surface area contributed by atoms with E-state index in [9.17, 15) is 14.4 Å². The van der Waals surface area contributed by atoms with Gasteiger partial charge in [-0.2, -0.15) is 0 Å². The molecule has 0 radical (unpaired) electrons. The fraction of sp³-hybridized carbons (Fsp3) is 0.0588. The molecule has 1 aromatic carbocycles. The minimum absolute atomic E-state index is 0.197. The third-order valence-electron chi connectivity index (χ3n) is 2.93. The van der Waals surface area contributed by atoms with Crippen LogP contribution in [0.3, 0.4) is 0 Å². The number of aromatic carboxylic acids is 2. The average molecular weight is 340 g/mol. The SMILES string of the molecule is O=C(CO)Nc1ccc(C#Cc2cc(C(=O)O)nc(C(=O)O)c2)cc1. The Labute approximate surface area is 141 Å². The van der Waals surface area contributed by atoms with E-state index in [-0.39, 0.29) is 5.56 Å². The van der Waals surface area contributed by atoms with E-state index in [0.717, 1.165) is 0 Å². The van der Waals surface area contributed by atoms with E-state index in [1.54, 1.807) is 24.3 Å². The fourth-order valence-electron chi connectivity index (χ4n) is 1.80. The lowest BCUT2D eigenvalue weighted by Gasteiger charge is -2.02. The quantitative estimate of drug-likeness (QED) is 0.604. The summed E-state index contributed by atoms with van der Waals surface area (Å²) in [4.78, 5) is 36.6. The first kappa shape index (κ1) is 17.7. The maximum atomic E-state index is 11.1. The van der Waals surface area contributed by atoms with Gasteiger partial charge in [-0.25, -0.2) is 14.6 Å². The van der Waals surface area contributed by atoms with E-state index in [0.29, 0.717) is 11.3 Å². The molecule has 0 aliphatic rings. The predicted octanol–water partition coefficient (Wildman–Crippen LogP) is 0.809. The molecule has 2 aromatic rings. The monoisotopic (exact) mass is 340 g/mol. The summed E-state index contributed by atoms with van der Waals surface area (Å²) in [7, 11) is 0. The molecule has 8 nitrogen and oxygen atoms in total. The van der Waals surface area contributed by atoms with Crippen molar-refractivity contribution in [2.75, 3.05) is 11.9 Å². The Morgan fingerprint density at radius 2 is 1.44 bits per heavy atom. The Morgan fingerprint density at radius 3 is 1.92 bits per heavy atom. The van der Waals surface area contributed by atoms with Gasteiger partial charge in [-0.15, -0.1) is 0 Å². The molecular weight excluding hydrogens is 328 g/mol. The summed E-state index contributed by atoms with van der Waals surface area (Å²) < 4.78 is 0. The zero-order valence-electron chi connectivity index (χ0n) is 12.7. The van der Waals surface area contributed by atoms with Gasteiger partial charge in [0.15, 0.2) is 0 Å². The Bertz CT molecular complexity index is 861. The number of nitrogens with zero attached hydrogens (tertiary/aromatic N) is 1. The lowest BCUT2D eigenvalue weighted by atomic mass is 10.1. The second-order valence-corrected chi connectivity index (χ2v) is 4.77. The van der Waals surface area contributed by atoms with Crippen LogP contribution < -0.4 is 5.32 Å². The maximum absolute atomic E-state index is 11.1. The van der Waals surface area contributed by atoms with Gasteiger partial charge in [-0.1, -0.05) is 11.8 Å². The van der Waals surface area contributed by atoms with Gasteiger partial charge in [0, 0.05) is 16.8 Å². The normalized spacial score (nSPS) is 9.64. The van der Waals surface area contributed by atoms with Gasteiger partial charge >= 0.3 is 11.9 Å². The molecule has 0 aliphatic carbocycles. The van der Waals surface area contributed by atoms with E-state index in [4.69, 9.17) is 15.3 Å². The predicted molar refractivity (Wildman–Crippen MR) is 86.3 cm³/mol. The van der Waals surface area contributed by atoms with Crippen LogP contribution in [0, 0.1) is 11.8 Å². The first-order valence-electron chi connectivity index (χ1n) is 6.90. The highest BCUT2D eigenvalue weighted by molar-refractivity contribution is 5.91. The number of aliphatic hydroxyl groups is 1. The Balaban J connectivity index is 2.27. The van der Waals surface area contributed by atoms with Crippen molar-refractivity contribution in [3.8, 4) is 11.8 Å². The van der Waals surface area contributed by atoms with E-state index in [2.05, 4.69) is 22.1 Å². The number of rotatable bonds is 4. The molecule has 0 bridgehead atoms. The minimum Gasteiger partial charge on any atom is -0.477 e. The van der Waals surface area contributed by atoms with E-state index in [1.807, 2.05) is 0 Å². The van der Waals surface area contributed by atoms with Crippen LogP contribution in [0.25, 0.3) is 0 Å². The molecule has 0 spiro atoms. The number of amides is 1. The Kier molecular flexibility index (Phi) is 5.45. The number of hydrogen-bond acceptors (Lipinski definition) is 5. The number of carboxylic acids is 2. The van der Waals surface area contributed by atoms with E-state index in [1.165, 1.54) is 12.1 Å². The molecule has 2 rings (SSSR count). The Morgan fingerprint density at radius 1 is 0.920 bits per heavy atom. The number of carbonyl (C=O) groups is 3. The molecule has 1 aromatic heterocycles. The number of pyridine rings is 1. The molecule has 126 valence electrons. The molecule has 0 aliphatic heterocycles. The molecule has 0 saturated carbocycles. The van der Waals surface area contributed by atoms with Crippen LogP contribution in [-0.4, -0.2) is 44.8 Å². The molecule has 0 fully saturated rings. The van der Waals surface area contributed by atoms with Crippen molar-refractivity contribution >= 4 is 23.5 Å². The molecule has 0 atom stereocenters. The number of anilines is 1. The van der Waals surface area contributed by atoms with Crippen molar-refractivity contribution in [1.29, 1.82) is 0 Å². The van der Waals surface area contributed by atoms with Crippen molar-refractivity contribution in [1.82, 2.24) is 4.98 Å². The molecule has 0 saturated heterocycles. The zero-order chi connectivity index (χ0) is 18.4. The van der Waals surface area contributed by atoms with Crippen molar-refractivity contribution in [3.05, 3.63) is 58.9 Å². The van der Waals surface area contributed by atoms with Crippen LogP contribution in [0.1, 0.15) is 32.1 Å². The highest BCUT2D eigenvalue weighted by Crippen LogP contribution is 2.10. The van der Waals surface area contributed by atoms with Gasteiger partial charge in [0.05, 0.1) is 0 Å². The van der Waals surface area contributed by atoms with Crippen molar-refractivity contribution < 1.29 is 29.7 Å². The second-order valence-electron chi connectivity index (χ2n) is 4.77. The van der Waals surface area contributed by atoms with Gasteiger partial charge in [-0.05, 0) is 36.4 Å². The third kappa shape index (κ3) is 4.89. The topological polar surface area (TPSA) is 137 Å². The maximum Gasteiger partial charge on any atom is 0.354 e. The van der Waals surface area contributed by atoms with Gasteiger partial charge in [0.2, 0.25) is 5.91 Å². The summed E-state index contributed by atoms with van der Waals surface area (Å²) in [5, 5.41) is 29.1. The number of aliphatic hydroxyl groups excluding tert-OH is 1. The first-order chi connectivity index (χ1) is 11.9. The van der Waals surface area contributed by atoms with E-state index < -0.39 is 35.8 Å². The summed E-state index contributed by atoms with van der Waals surface area (Å²) >= 11 is 0. The lowest BCUT2D eigenvalue weighted by Crippen LogP contribution is -2.15. The molecule has 4 N–H and O–H groups in total. The number of aromatic nitrogens is 1. The number of benzene rings is 1. The van der Waals surface area contributed by atoms with Gasteiger partial charge < -0.3 is 20.6 Å². The number of nitrogens with one attached hydrogen (secondary N) is 1. The summed E-state index contributed by atoms with van der Waals surface area (Å²) in [5.41, 5.74) is 0.419.